The molecule has 1 saturated carbocycles. The van der Waals surface area contributed by atoms with Crippen LogP contribution in [-0.4, -0.2) is 22.1 Å². The highest BCUT2D eigenvalue weighted by Crippen LogP contribution is 2.31. The summed E-state index contributed by atoms with van der Waals surface area (Å²) >= 11 is 0. The minimum absolute atomic E-state index is 0.218. The molecule has 6 heteroatoms. The van der Waals surface area contributed by atoms with Crippen LogP contribution >= 0.6 is 0 Å². The molecular weight excluding hydrogens is 244 g/mol. The second-order valence-corrected chi connectivity index (χ2v) is 5.34. The Labute approximate surface area is 113 Å². The summed E-state index contributed by atoms with van der Waals surface area (Å²) in [7, 11) is 0. The molecule has 19 heavy (non-hydrogen) atoms. The van der Waals surface area contributed by atoms with E-state index in [0.29, 0.717) is 11.8 Å². The molecular formula is C13H22N4O2. The Morgan fingerprint density at radius 3 is 2.68 bits per heavy atom. The molecule has 0 bridgehead atoms. The van der Waals surface area contributed by atoms with Crippen molar-refractivity contribution >= 4 is 5.91 Å². The average molecular weight is 266 g/mol. The first-order valence-corrected chi connectivity index (χ1v) is 6.97. The molecule has 106 valence electrons. The lowest BCUT2D eigenvalue weighted by molar-refractivity contribution is -0.122. The van der Waals surface area contributed by atoms with Gasteiger partial charge in [-0.25, -0.2) is 0 Å². The lowest BCUT2D eigenvalue weighted by Gasteiger charge is -2.17. The van der Waals surface area contributed by atoms with Crippen LogP contribution in [0.2, 0.25) is 0 Å². The number of nitrogens with zero attached hydrogens (tertiary/aromatic N) is 2. The van der Waals surface area contributed by atoms with Crippen LogP contribution < -0.4 is 11.1 Å². The number of nitrogens with one attached hydrogen (secondary N) is 1. The van der Waals surface area contributed by atoms with E-state index in [9.17, 15) is 4.79 Å². The van der Waals surface area contributed by atoms with Gasteiger partial charge in [0.2, 0.25) is 11.8 Å². The summed E-state index contributed by atoms with van der Waals surface area (Å²) in [5.41, 5.74) is 5.51. The summed E-state index contributed by atoms with van der Waals surface area (Å²) in [6.45, 7) is 3.46. The smallest absolute Gasteiger partial charge is 0.248 e. The second-order valence-electron chi connectivity index (χ2n) is 5.34. The third-order valence-corrected chi connectivity index (χ3v) is 3.57. The van der Waals surface area contributed by atoms with Crippen molar-refractivity contribution in [3.8, 4) is 0 Å². The Kier molecular flexibility index (Phi) is 4.52. The SMILES string of the molecule is CC(NC(=O)[C@H](C)N)c1nc(C2CCCCC2)no1. The summed E-state index contributed by atoms with van der Waals surface area (Å²) in [5, 5.41) is 6.80. The molecule has 0 saturated heterocycles. The van der Waals surface area contributed by atoms with Crippen LogP contribution in [0.3, 0.4) is 0 Å². The molecule has 0 spiro atoms. The molecule has 1 fully saturated rings. The van der Waals surface area contributed by atoms with Gasteiger partial charge in [-0.05, 0) is 26.7 Å². The Bertz CT molecular complexity index is 424. The number of hydrogen-bond acceptors (Lipinski definition) is 5. The maximum Gasteiger partial charge on any atom is 0.248 e. The maximum atomic E-state index is 11.5. The lowest BCUT2D eigenvalue weighted by Crippen LogP contribution is -2.39. The average Bonchev–Trinajstić information content (AvgIpc) is 2.89. The van der Waals surface area contributed by atoms with Gasteiger partial charge in [0, 0.05) is 5.92 Å². The zero-order valence-corrected chi connectivity index (χ0v) is 11.6. The number of aromatic nitrogens is 2. The number of carbonyl (C=O) groups is 1. The summed E-state index contributed by atoms with van der Waals surface area (Å²) < 4.78 is 5.24. The topological polar surface area (TPSA) is 94.0 Å². The third kappa shape index (κ3) is 3.53. The highest BCUT2D eigenvalue weighted by molar-refractivity contribution is 5.81. The van der Waals surface area contributed by atoms with Crippen LogP contribution in [0.25, 0.3) is 0 Å². The Balaban J connectivity index is 1.97. The van der Waals surface area contributed by atoms with Crippen LogP contribution in [-0.2, 0) is 4.79 Å². The molecule has 0 radical (unpaired) electrons. The van der Waals surface area contributed by atoms with E-state index in [4.69, 9.17) is 10.3 Å². The number of nitrogens with two attached hydrogens (primary N) is 1. The molecule has 0 aliphatic heterocycles. The van der Waals surface area contributed by atoms with Crippen molar-refractivity contribution in [2.24, 2.45) is 5.73 Å². The van der Waals surface area contributed by atoms with Gasteiger partial charge in [0.05, 0.1) is 6.04 Å². The molecule has 1 aromatic heterocycles. The van der Waals surface area contributed by atoms with Crippen LogP contribution in [0, 0.1) is 0 Å². The number of amides is 1. The molecule has 1 heterocycles. The summed E-state index contributed by atoms with van der Waals surface area (Å²) in [5.74, 6) is 1.42. The predicted octanol–water partition coefficient (Wildman–Crippen LogP) is 1.64. The van der Waals surface area contributed by atoms with E-state index in [1.54, 1.807) is 6.92 Å². The Morgan fingerprint density at radius 1 is 1.37 bits per heavy atom. The van der Waals surface area contributed by atoms with Crippen molar-refractivity contribution in [2.45, 2.75) is 64.0 Å². The molecule has 6 nitrogen and oxygen atoms in total. The minimum Gasteiger partial charge on any atom is -0.343 e. The van der Waals surface area contributed by atoms with Crippen molar-refractivity contribution in [3.63, 3.8) is 0 Å². The fourth-order valence-electron chi connectivity index (χ4n) is 2.36. The van der Waals surface area contributed by atoms with Crippen molar-refractivity contribution < 1.29 is 9.32 Å². The van der Waals surface area contributed by atoms with Gasteiger partial charge in [-0.3, -0.25) is 4.79 Å². The number of hydrogen-bond donors (Lipinski definition) is 2. The zero-order valence-electron chi connectivity index (χ0n) is 11.6. The van der Waals surface area contributed by atoms with E-state index < -0.39 is 6.04 Å². The first kappa shape index (κ1) is 14.0. The van der Waals surface area contributed by atoms with Crippen LogP contribution in [0.5, 0.6) is 0 Å². The van der Waals surface area contributed by atoms with Crippen LogP contribution in [0.4, 0.5) is 0 Å². The van der Waals surface area contributed by atoms with Gasteiger partial charge in [-0.2, -0.15) is 4.98 Å². The Morgan fingerprint density at radius 2 is 2.05 bits per heavy atom. The van der Waals surface area contributed by atoms with E-state index in [-0.39, 0.29) is 11.9 Å². The fourth-order valence-corrected chi connectivity index (χ4v) is 2.36. The first-order chi connectivity index (χ1) is 9.08. The van der Waals surface area contributed by atoms with Crippen LogP contribution in [0.15, 0.2) is 4.52 Å². The van der Waals surface area contributed by atoms with Crippen molar-refractivity contribution in [2.75, 3.05) is 0 Å². The van der Waals surface area contributed by atoms with E-state index in [0.717, 1.165) is 18.7 Å². The fraction of sp³-hybridized carbons (Fsp3) is 0.769. The highest BCUT2D eigenvalue weighted by atomic mass is 16.5. The molecule has 3 N–H and O–H groups in total. The van der Waals surface area contributed by atoms with Crippen molar-refractivity contribution in [3.05, 3.63) is 11.7 Å². The summed E-state index contributed by atoms with van der Waals surface area (Å²) in [6.07, 6.45) is 6.00. The molecule has 1 aromatic rings. The zero-order chi connectivity index (χ0) is 13.8. The molecule has 1 unspecified atom stereocenters. The molecule has 1 amide bonds. The van der Waals surface area contributed by atoms with Crippen LogP contribution in [0.1, 0.15) is 69.6 Å². The van der Waals surface area contributed by atoms with Crippen molar-refractivity contribution in [1.82, 2.24) is 15.5 Å². The van der Waals surface area contributed by atoms with Gasteiger partial charge in [-0.1, -0.05) is 24.4 Å². The lowest BCUT2D eigenvalue weighted by atomic mass is 9.89. The minimum atomic E-state index is -0.539. The van der Waals surface area contributed by atoms with E-state index >= 15 is 0 Å². The second kappa shape index (κ2) is 6.14. The predicted molar refractivity (Wildman–Crippen MR) is 70.3 cm³/mol. The normalized spacial score (nSPS) is 19.9. The summed E-state index contributed by atoms with van der Waals surface area (Å²) in [4.78, 5) is 15.9. The third-order valence-electron chi connectivity index (χ3n) is 3.57. The number of rotatable bonds is 4. The Hall–Kier alpha value is -1.43. The molecule has 1 aliphatic rings. The number of carbonyl (C=O) groups excluding carboxylic acids is 1. The largest absolute Gasteiger partial charge is 0.343 e. The van der Waals surface area contributed by atoms with Gasteiger partial charge in [0.25, 0.3) is 0 Å². The van der Waals surface area contributed by atoms with Gasteiger partial charge >= 0.3 is 0 Å². The maximum absolute atomic E-state index is 11.5. The van der Waals surface area contributed by atoms with Gasteiger partial charge < -0.3 is 15.6 Å². The highest BCUT2D eigenvalue weighted by Gasteiger charge is 2.23. The van der Waals surface area contributed by atoms with E-state index in [1.807, 2.05) is 6.92 Å². The first-order valence-electron chi connectivity index (χ1n) is 6.97. The molecule has 2 rings (SSSR count). The molecule has 2 atom stereocenters. The van der Waals surface area contributed by atoms with Gasteiger partial charge in [0.15, 0.2) is 5.82 Å². The molecule has 0 aromatic carbocycles. The van der Waals surface area contributed by atoms with E-state index in [2.05, 4.69) is 15.5 Å². The van der Waals surface area contributed by atoms with E-state index in [1.165, 1.54) is 19.3 Å². The van der Waals surface area contributed by atoms with Gasteiger partial charge in [0.1, 0.15) is 6.04 Å². The standard InChI is InChI=1S/C13H22N4O2/c1-8(14)12(18)15-9(2)13-16-11(17-19-13)10-6-4-3-5-7-10/h8-10H,3-7,14H2,1-2H3,(H,15,18)/t8-,9?/m0/s1. The van der Waals surface area contributed by atoms with Crippen molar-refractivity contribution in [1.29, 1.82) is 0 Å². The monoisotopic (exact) mass is 266 g/mol. The quantitative estimate of drug-likeness (QED) is 0.864. The molecule has 1 aliphatic carbocycles. The van der Waals surface area contributed by atoms with Gasteiger partial charge in [-0.15, -0.1) is 0 Å². The summed E-state index contributed by atoms with van der Waals surface area (Å²) in [6, 6.07) is -0.841.